The average Bonchev–Trinajstić information content (AvgIpc) is 2.87. The Morgan fingerprint density at radius 3 is 2.61 bits per heavy atom. The second-order valence-corrected chi connectivity index (χ2v) is 7.88. The smallest absolute Gasteiger partial charge is 0.193 e. The highest BCUT2D eigenvalue weighted by Gasteiger charge is 2.58. The first-order chi connectivity index (χ1) is 10.2. The van der Waals surface area contributed by atoms with Crippen LogP contribution in [0.5, 0.6) is 0 Å². The molecule has 2 atom stereocenters. The van der Waals surface area contributed by atoms with Crippen molar-refractivity contribution in [2.24, 2.45) is 10.4 Å². The van der Waals surface area contributed by atoms with Crippen LogP contribution in [0.3, 0.4) is 0 Å². The molecule has 1 aromatic heterocycles. The zero-order valence-corrected chi connectivity index (χ0v) is 18.3. The quantitative estimate of drug-likeness (QED) is 0.433. The van der Waals surface area contributed by atoms with E-state index in [-0.39, 0.29) is 35.0 Å². The molecule has 5 nitrogen and oxygen atoms in total. The Labute approximate surface area is 160 Å². The second kappa shape index (κ2) is 7.65. The Morgan fingerprint density at radius 2 is 2.17 bits per heavy atom. The molecule has 1 aliphatic carbocycles. The van der Waals surface area contributed by atoms with Gasteiger partial charge in [-0.15, -0.1) is 35.3 Å². The molecule has 1 heterocycles. The van der Waals surface area contributed by atoms with Crippen LogP contribution in [0.2, 0.25) is 0 Å². The summed E-state index contributed by atoms with van der Waals surface area (Å²) >= 11 is 1.68. The van der Waals surface area contributed by atoms with Gasteiger partial charge in [-0.25, -0.2) is 4.98 Å². The molecule has 0 spiro atoms. The zero-order valence-electron chi connectivity index (χ0n) is 15.1. The Kier molecular flexibility index (Phi) is 6.86. The number of methoxy groups -OCH3 is 1. The number of aryl methyl sites for hydroxylation is 1. The van der Waals surface area contributed by atoms with Gasteiger partial charge in [0.25, 0.3) is 0 Å². The van der Waals surface area contributed by atoms with E-state index in [4.69, 9.17) is 4.74 Å². The fourth-order valence-electron chi connectivity index (χ4n) is 3.02. The number of hydrogen-bond donors (Lipinski definition) is 1. The minimum absolute atomic E-state index is 0. The molecular weight excluding hydrogens is 423 g/mol. The lowest BCUT2D eigenvalue weighted by Crippen LogP contribution is -2.69. The summed E-state index contributed by atoms with van der Waals surface area (Å²) in [6, 6.07) is 0.357. The molecule has 1 aliphatic rings. The largest absolute Gasteiger partial charge is 0.378 e. The van der Waals surface area contributed by atoms with Gasteiger partial charge in [0.05, 0.1) is 22.8 Å². The van der Waals surface area contributed by atoms with Gasteiger partial charge in [-0.3, -0.25) is 4.99 Å². The van der Waals surface area contributed by atoms with Crippen molar-refractivity contribution in [1.82, 2.24) is 15.2 Å². The number of thiazole rings is 1. The van der Waals surface area contributed by atoms with E-state index >= 15 is 0 Å². The predicted octanol–water partition coefficient (Wildman–Crippen LogP) is 3.28. The predicted molar refractivity (Wildman–Crippen MR) is 108 cm³/mol. The monoisotopic (exact) mass is 452 g/mol. The van der Waals surface area contributed by atoms with Crippen molar-refractivity contribution < 1.29 is 4.74 Å². The molecule has 1 fully saturated rings. The highest BCUT2D eigenvalue weighted by Crippen LogP contribution is 2.51. The number of rotatable bonds is 4. The molecule has 1 aromatic rings. The molecule has 0 amide bonds. The molecule has 0 saturated heterocycles. The van der Waals surface area contributed by atoms with Crippen molar-refractivity contribution in [3.05, 3.63) is 16.1 Å². The van der Waals surface area contributed by atoms with Gasteiger partial charge >= 0.3 is 0 Å². The van der Waals surface area contributed by atoms with E-state index < -0.39 is 0 Å². The summed E-state index contributed by atoms with van der Waals surface area (Å²) in [6.45, 7) is 9.46. The van der Waals surface area contributed by atoms with Gasteiger partial charge in [-0.2, -0.15) is 0 Å². The SMILES string of the molecule is CN=C(NC1CC(C)(OC)C1(C)C)N(C)Cc1csc(C)n1.I. The minimum atomic E-state index is -0.0753. The number of ether oxygens (including phenoxy) is 1. The Balaban J connectivity index is 0.00000264. The highest BCUT2D eigenvalue weighted by atomic mass is 127. The van der Waals surface area contributed by atoms with Gasteiger partial charge in [0.1, 0.15) is 0 Å². The zero-order chi connectivity index (χ0) is 16.5. The standard InChI is InChI=1S/C16H28N4OS.HI/c1-11-18-12(10-22-11)9-20(6)14(17-5)19-13-8-16(4,21-7)15(13,2)3;/h10,13H,8-9H2,1-7H3,(H,17,19);1H. The van der Waals surface area contributed by atoms with Crippen LogP contribution in [0.4, 0.5) is 0 Å². The highest BCUT2D eigenvalue weighted by molar-refractivity contribution is 14.0. The molecule has 23 heavy (non-hydrogen) atoms. The number of aliphatic imine (C=N–C) groups is 1. The maximum atomic E-state index is 5.69. The average molecular weight is 452 g/mol. The first-order valence-electron chi connectivity index (χ1n) is 7.64. The fourth-order valence-corrected chi connectivity index (χ4v) is 3.63. The van der Waals surface area contributed by atoms with Crippen LogP contribution in [0.15, 0.2) is 10.4 Å². The molecule has 7 heteroatoms. The van der Waals surface area contributed by atoms with Crippen LogP contribution in [0.1, 0.15) is 37.9 Å². The molecular formula is C16H29IN4OS. The fraction of sp³-hybridized carbons (Fsp3) is 0.750. The molecule has 132 valence electrons. The number of halogens is 1. The van der Waals surface area contributed by atoms with E-state index in [0.717, 1.165) is 29.6 Å². The van der Waals surface area contributed by atoms with Crippen LogP contribution in [-0.4, -0.2) is 48.7 Å². The van der Waals surface area contributed by atoms with E-state index in [2.05, 4.69) is 46.3 Å². The summed E-state index contributed by atoms with van der Waals surface area (Å²) in [4.78, 5) is 11.1. The van der Waals surface area contributed by atoms with Crippen molar-refractivity contribution in [2.45, 2.75) is 52.3 Å². The molecule has 1 saturated carbocycles. The van der Waals surface area contributed by atoms with E-state index in [1.807, 2.05) is 21.0 Å². The number of aromatic nitrogens is 1. The third-order valence-corrected chi connectivity index (χ3v) is 6.04. The minimum Gasteiger partial charge on any atom is -0.378 e. The summed E-state index contributed by atoms with van der Waals surface area (Å²) < 4.78 is 5.69. The first-order valence-corrected chi connectivity index (χ1v) is 8.52. The van der Waals surface area contributed by atoms with Crippen LogP contribution < -0.4 is 5.32 Å². The van der Waals surface area contributed by atoms with Crippen molar-refractivity contribution in [1.29, 1.82) is 0 Å². The first kappa shape index (κ1) is 20.6. The maximum absolute atomic E-state index is 5.69. The number of hydrogen-bond acceptors (Lipinski definition) is 4. The maximum Gasteiger partial charge on any atom is 0.193 e. The molecule has 2 rings (SSSR count). The lowest BCUT2D eigenvalue weighted by molar-refractivity contribution is -0.176. The third-order valence-electron chi connectivity index (χ3n) is 5.22. The van der Waals surface area contributed by atoms with Crippen LogP contribution in [-0.2, 0) is 11.3 Å². The van der Waals surface area contributed by atoms with Crippen molar-refractivity contribution >= 4 is 41.3 Å². The van der Waals surface area contributed by atoms with Crippen LogP contribution >= 0.6 is 35.3 Å². The summed E-state index contributed by atoms with van der Waals surface area (Å²) in [5.74, 6) is 0.905. The lowest BCUT2D eigenvalue weighted by Gasteiger charge is -2.59. The van der Waals surface area contributed by atoms with Crippen LogP contribution in [0.25, 0.3) is 0 Å². The normalized spacial score (nSPS) is 26.2. The van der Waals surface area contributed by atoms with Gasteiger partial charge in [-0.05, 0) is 20.3 Å². The van der Waals surface area contributed by atoms with Crippen molar-refractivity contribution in [2.75, 3.05) is 21.2 Å². The van der Waals surface area contributed by atoms with E-state index in [9.17, 15) is 0 Å². The van der Waals surface area contributed by atoms with Crippen molar-refractivity contribution in [3.8, 4) is 0 Å². The van der Waals surface area contributed by atoms with Gasteiger partial charge in [-0.1, -0.05) is 13.8 Å². The summed E-state index contributed by atoms with van der Waals surface area (Å²) in [5.41, 5.74) is 1.08. The molecule has 0 radical (unpaired) electrons. The molecule has 1 N–H and O–H groups in total. The summed E-state index contributed by atoms with van der Waals surface area (Å²) in [7, 11) is 5.67. The number of nitrogens with one attached hydrogen (secondary N) is 1. The second-order valence-electron chi connectivity index (χ2n) is 6.82. The van der Waals surface area contributed by atoms with Gasteiger partial charge in [0, 0.05) is 38.0 Å². The van der Waals surface area contributed by atoms with E-state index in [1.165, 1.54) is 0 Å². The number of guanidine groups is 1. The van der Waals surface area contributed by atoms with Gasteiger partial charge in [0.15, 0.2) is 5.96 Å². The lowest BCUT2D eigenvalue weighted by atomic mass is 9.56. The van der Waals surface area contributed by atoms with Crippen molar-refractivity contribution in [3.63, 3.8) is 0 Å². The molecule has 2 unspecified atom stereocenters. The Hall–Kier alpha value is -0.410. The van der Waals surface area contributed by atoms with Crippen LogP contribution in [0, 0.1) is 12.3 Å². The third kappa shape index (κ3) is 3.99. The molecule has 0 aliphatic heterocycles. The van der Waals surface area contributed by atoms with E-state index in [1.54, 1.807) is 18.4 Å². The number of nitrogens with zero attached hydrogens (tertiary/aromatic N) is 3. The summed E-state index contributed by atoms with van der Waals surface area (Å²) in [6.07, 6.45) is 0.985. The van der Waals surface area contributed by atoms with Gasteiger partial charge < -0.3 is 15.0 Å². The van der Waals surface area contributed by atoms with Gasteiger partial charge in [0.2, 0.25) is 0 Å². The topological polar surface area (TPSA) is 49.8 Å². The summed E-state index contributed by atoms with van der Waals surface area (Å²) in [5, 5.41) is 6.79. The molecule has 0 bridgehead atoms. The Morgan fingerprint density at radius 1 is 1.52 bits per heavy atom. The van der Waals surface area contributed by atoms with E-state index in [0.29, 0.717) is 6.04 Å². The Bertz CT molecular complexity index is 560. The molecule has 0 aromatic carbocycles.